The SMILES string of the molecule is O=C(O)CCS(=O)(=O)c1ccccc1C(F)(F)F. The Morgan fingerprint density at radius 1 is 1.22 bits per heavy atom. The third-order valence-corrected chi connectivity index (χ3v) is 3.88. The van der Waals surface area contributed by atoms with Gasteiger partial charge in [-0.2, -0.15) is 13.2 Å². The predicted molar refractivity (Wildman–Crippen MR) is 55.7 cm³/mol. The zero-order valence-corrected chi connectivity index (χ0v) is 9.75. The molecule has 0 unspecified atom stereocenters. The van der Waals surface area contributed by atoms with Gasteiger partial charge in [0.05, 0.1) is 22.6 Å². The third kappa shape index (κ3) is 3.46. The number of halogens is 3. The number of benzene rings is 1. The van der Waals surface area contributed by atoms with Crippen LogP contribution in [0.4, 0.5) is 13.2 Å². The molecular weight excluding hydrogens is 273 g/mol. The first-order valence-electron chi connectivity index (χ1n) is 4.75. The summed E-state index contributed by atoms with van der Waals surface area (Å²) in [6, 6.07) is 3.69. The highest BCUT2D eigenvalue weighted by molar-refractivity contribution is 7.91. The van der Waals surface area contributed by atoms with Gasteiger partial charge in [-0.3, -0.25) is 4.79 Å². The molecule has 0 amide bonds. The highest BCUT2D eigenvalue weighted by Gasteiger charge is 2.36. The average Bonchev–Trinajstić information content (AvgIpc) is 2.25. The molecule has 1 aromatic rings. The Morgan fingerprint density at radius 2 is 1.78 bits per heavy atom. The van der Waals surface area contributed by atoms with E-state index >= 15 is 0 Å². The molecule has 0 aliphatic heterocycles. The molecule has 8 heteroatoms. The van der Waals surface area contributed by atoms with Crippen molar-refractivity contribution in [3.8, 4) is 0 Å². The van der Waals surface area contributed by atoms with E-state index in [0.717, 1.165) is 18.2 Å². The maximum Gasteiger partial charge on any atom is 0.417 e. The van der Waals surface area contributed by atoms with Crippen molar-refractivity contribution in [1.29, 1.82) is 0 Å². The van der Waals surface area contributed by atoms with Gasteiger partial charge in [-0.15, -0.1) is 0 Å². The molecule has 0 heterocycles. The maximum atomic E-state index is 12.6. The molecule has 4 nitrogen and oxygen atoms in total. The molecular formula is C10H9F3O4S. The number of hydrogen-bond acceptors (Lipinski definition) is 3. The largest absolute Gasteiger partial charge is 0.481 e. The highest BCUT2D eigenvalue weighted by Crippen LogP contribution is 2.34. The number of hydrogen-bond donors (Lipinski definition) is 1. The van der Waals surface area contributed by atoms with E-state index in [1.54, 1.807) is 0 Å². The van der Waals surface area contributed by atoms with Crippen LogP contribution < -0.4 is 0 Å². The molecule has 0 atom stereocenters. The lowest BCUT2D eigenvalue weighted by Gasteiger charge is -2.12. The number of alkyl halides is 3. The number of aliphatic carboxylic acids is 1. The van der Waals surface area contributed by atoms with Gasteiger partial charge in [0.1, 0.15) is 0 Å². The Balaban J connectivity index is 3.21. The van der Waals surface area contributed by atoms with Crippen molar-refractivity contribution in [1.82, 2.24) is 0 Å². The van der Waals surface area contributed by atoms with Crippen molar-refractivity contribution in [2.75, 3.05) is 5.75 Å². The lowest BCUT2D eigenvalue weighted by atomic mass is 10.2. The quantitative estimate of drug-likeness (QED) is 0.916. The Morgan fingerprint density at radius 3 is 2.28 bits per heavy atom. The van der Waals surface area contributed by atoms with E-state index in [1.807, 2.05) is 0 Å². The van der Waals surface area contributed by atoms with Gasteiger partial charge in [0.25, 0.3) is 0 Å². The van der Waals surface area contributed by atoms with Crippen LogP contribution >= 0.6 is 0 Å². The van der Waals surface area contributed by atoms with Gasteiger partial charge >= 0.3 is 12.1 Å². The molecule has 0 saturated heterocycles. The summed E-state index contributed by atoms with van der Waals surface area (Å²) >= 11 is 0. The van der Waals surface area contributed by atoms with E-state index in [4.69, 9.17) is 5.11 Å². The van der Waals surface area contributed by atoms with Crippen molar-refractivity contribution < 1.29 is 31.5 Å². The third-order valence-electron chi connectivity index (χ3n) is 2.11. The van der Waals surface area contributed by atoms with Crippen LogP contribution in [0.25, 0.3) is 0 Å². The van der Waals surface area contributed by atoms with Crippen molar-refractivity contribution in [3.63, 3.8) is 0 Å². The van der Waals surface area contributed by atoms with Gasteiger partial charge in [-0.25, -0.2) is 8.42 Å². The van der Waals surface area contributed by atoms with Crippen LogP contribution in [0, 0.1) is 0 Å². The van der Waals surface area contributed by atoms with E-state index in [9.17, 15) is 26.4 Å². The molecule has 0 radical (unpaired) electrons. The lowest BCUT2D eigenvalue weighted by molar-refractivity contribution is -0.140. The predicted octanol–water partition coefficient (Wildman–Crippen LogP) is 1.95. The monoisotopic (exact) mass is 282 g/mol. The minimum atomic E-state index is -4.80. The first-order valence-corrected chi connectivity index (χ1v) is 6.40. The molecule has 1 aromatic carbocycles. The zero-order chi connectivity index (χ0) is 14.0. The molecule has 1 N–H and O–H groups in total. The summed E-state index contributed by atoms with van der Waals surface area (Å²) in [5.41, 5.74) is -1.28. The van der Waals surface area contributed by atoms with Crippen LogP contribution in [-0.4, -0.2) is 25.2 Å². The smallest absolute Gasteiger partial charge is 0.417 e. The Kier molecular flexibility index (Phi) is 4.00. The summed E-state index contributed by atoms with van der Waals surface area (Å²) in [5, 5.41) is 8.37. The summed E-state index contributed by atoms with van der Waals surface area (Å²) in [6.07, 6.45) is -5.54. The van der Waals surface area contributed by atoms with E-state index < -0.39 is 44.6 Å². The van der Waals surface area contributed by atoms with Crippen LogP contribution in [0.5, 0.6) is 0 Å². The number of sulfone groups is 1. The molecule has 0 saturated carbocycles. The molecule has 0 aromatic heterocycles. The minimum absolute atomic E-state index is 0.646. The van der Waals surface area contributed by atoms with Gasteiger partial charge in [0.2, 0.25) is 0 Å². The van der Waals surface area contributed by atoms with Gasteiger partial charge in [0.15, 0.2) is 9.84 Å². The molecule has 100 valence electrons. The second kappa shape index (κ2) is 4.97. The summed E-state index contributed by atoms with van der Waals surface area (Å²) < 4.78 is 61.1. The van der Waals surface area contributed by atoms with E-state index in [-0.39, 0.29) is 0 Å². The Labute approximate surface area is 101 Å². The molecule has 1 rings (SSSR count). The van der Waals surface area contributed by atoms with E-state index in [0.29, 0.717) is 6.07 Å². The normalized spacial score (nSPS) is 12.4. The fraction of sp³-hybridized carbons (Fsp3) is 0.300. The maximum absolute atomic E-state index is 12.6. The molecule has 0 aliphatic carbocycles. The standard InChI is InChI=1S/C10H9F3O4S/c11-10(12,13)7-3-1-2-4-8(7)18(16,17)6-5-9(14)15/h1-4H,5-6H2,(H,14,15). The second-order valence-electron chi connectivity index (χ2n) is 3.46. The van der Waals surface area contributed by atoms with Crippen molar-refractivity contribution in [2.45, 2.75) is 17.5 Å². The molecule has 0 fully saturated rings. The van der Waals surface area contributed by atoms with Gasteiger partial charge < -0.3 is 5.11 Å². The number of carboxylic acid groups (broad SMARTS) is 1. The van der Waals surface area contributed by atoms with Crippen LogP contribution in [0.3, 0.4) is 0 Å². The average molecular weight is 282 g/mol. The summed E-state index contributed by atoms with van der Waals surface area (Å²) in [7, 11) is -4.27. The van der Waals surface area contributed by atoms with Crippen LogP contribution in [-0.2, 0) is 20.8 Å². The zero-order valence-electron chi connectivity index (χ0n) is 8.94. The lowest BCUT2D eigenvalue weighted by Crippen LogP contribution is -2.17. The van der Waals surface area contributed by atoms with Crippen molar-refractivity contribution in [3.05, 3.63) is 29.8 Å². The van der Waals surface area contributed by atoms with Gasteiger partial charge in [0, 0.05) is 0 Å². The number of rotatable bonds is 4. The number of carboxylic acids is 1. The van der Waals surface area contributed by atoms with E-state index in [1.165, 1.54) is 0 Å². The summed E-state index contributed by atoms with van der Waals surface area (Å²) in [4.78, 5) is 9.38. The number of carbonyl (C=O) groups is 1. The van der Waals surface area contributed by atoms with Crippen LogP contribution in [0.2, 0.25) is 0 Å². The summed E-state index contributed by atoms with van der Waals surface area (Å²) in [6.45, 7) is 0. The van der Waals surface area contributed by atoms with Gasteiger partial charge in [-0.1, -0.05) is 12.1 Å². The van der Waals surface area contributed by atoms with Crippen LogP contribution in [0.15, 0.2) is 29.2 Å². The molecule has 0 spiro atoms. The summed E-state index contributed by atoms with van der Waals surface area (Å²) in [5.74, 6) is -2.25. The van der Waals surface area contributed by atoms with Crippen molar-refractivity contribution in [2.24, 2.45) is 0 Å². The molecule has 0 bridgehead atoms. The second-order valence-corrected chi connectivity index (χ2v) is 5.53. The Bertz CT molecular complexity index is 548. The van der Waals surface area contributed by atoms with Crippen LogP contribution in [0.1, 0.15) is 12.0 Å². The fourth-order valence-corrected chi connectivity index (χ4v) is 2.77. The molecule has 0 aliphatic rings. The first kappa shape index (κ1) is 14.5. The first-order chi connectivity index (χ1) is 8.14. The van der Waals surface area contributed by atoms with E-state index in [2.05, 4.69) is 0 Å². The van der Waals surface area contributed by atoms with Gasteiger partial charge in [-0.05, 0) is 12.1 Å². The topological polar surface area (TPSA) is 71.4 Å². The molecule has 18 heavy (non-hydrogen) atoms. The fourth-order valence-electron chi connectivity index (χ4n) is 1.30. The minimum Gasteiger partial charge on any atom is -0.481 e. The van der Waals surface area contributed by atoms with Crippen molar-refractivity contribution >= 4 is 15.8 Å². The Hall–Kier alpha value is -1.57. The highest BCUT2D eigenvalue weighted by atomic mass is 32.2.